The van der Waals surface area contributed by atoms with E-state index < -0.39 is 5.60 Å². The summed E-state index contributed by atoms with van der Waals surface area (Å²) >= 11 is 0. The molecule has 3 nitrogen and oxygen atoms in total. The molecule has 3 heteroatoms. The summed E-state index contributed by atoms with van der Waals surface area (Å²) in [7, 11) is 0. The Morgan fingerprint density at radius 2 is 1.78 bits per heavy atom. The highest BCUT2D eigenvalue weighted by atomic mass is 16.6. The Morgan fingerprint density at radius 1 is 1.17 bits per heavy atom. The monoisotopic (exact) mass is 257 g/mol. The van der Waals surface area contributed by atoms with Gasteiger partial charge in [0.25, 0.3) is 0 Å². The first-order valence-electron chi connectivity index (χ1n) is 7.29. The van der Waals surface area contributed by atoms with Crippen LogP contribution >= 0.6 is 0 Å². The van der Waals surface area contributed by atoms with Crippen LogP contribution in [0.1, 0.15) is 73.6 Å². The highest BCUT2D eigenvalue weighted by Crippen LogP contribution is 2.11. The minimum absolute atomic E-state index is 0.153. The van der Waals surface area contributed by atoms with Gasteiger partial charge in [0, 0.05) is 6.04 Å². The quantitative estimate of drug-likeness (QED) is 0.674. The van der Waals surface area contributed by atoms with Crippen LogP contribution < -0.4 is 5.32 Å². The van der Waals surface area contributed by atoms with E-state index in [1.54, 1.807) is 0 Å². The van der Waals surface area contributed by atoms with Crippen LogP contribution in [0.3, 0.4) is 0 Å². The largest absolute Gasteiger partial charge is 0.459 e. The summed E-state index contributed by atoms with van der Waals surface area (Å²) in [6.45, 7) is 12.0. The van der Waals surface area contributed by atoms with Crippen LogP contribution in [-0.2, 0) is 9.53 Å². The van der Waals surface area contributed by atoms with E-state index in [0.717, 1.165) is 19.3 Å². The fraction of sp³-hybridized carbons (Fsp3) is 0.933. The molecular weight excluding hydrogens is 226 g/mol. The second-order valence-corrected chi connectivity index (χ2v) is 6.05. The van der Waals surface area contributed by atoms with Crippen molar-refractivity contribution < 1.29 is 9.53 Å². The first-order chi connectivity index (χ1) is 8.30. The first-order valence-corrected chi connectivity index (χ1v) is 7.29. The lowest BCUT2D eigenvalue weighted by Crippen LogP contribution is -2.44. The topological polar surface area (TPSA) is 38.3 Å². The fourth-order valence-electron chi connectivity index (χ4n) is 1.92. The minimum Gasteiger partial charge on any atom is -0.459 e. The molecule has 0 aliphatic rings. The van der Waals surface area contributed by atoms with E-state index in [1.807, 2.05) is 27.7 Å². The number of nitrogens with one attached hydrogen (secondary N) is 1. The van der Waals surface area contributed by atoms with Crippen molar-refractivity contribution in [2.45, 2.75) is 91.3 Å². The van der Waals surface area contributed by atoms with Crippen molar-refractivity contribution in [3.63, 3.8) is 0 Å². The maximum Gasteiger partial charge on any atom is 0.323 e. The molecule has 1 N–H and O–H groups in total. The van der Waals surface area contributed by atoms with Gasteiger partial charge < -0.3 is 10.1 Å². The molecule has 0 fully saturated rings. The van der Waals surface area contributed by atoms with Gasteiger partial charge in [-0.3, -0.25) is 4.79 Å². The van der Waals surface area contributed by atoms with E-state index >= 15 is 0 Å². The zero-order valence-corrected chi connectivity index (χ0v) is 13.0. The SMILES string of the molecule is CCCCC(CCC)NC(C)C(=O)OC(C)(C)C. The molecule has 0 aromatic carbocycles. The van der Waals surface area contributed by atoms with Gasteiger partial charge in [-0.25, -0.2) is 0 Å². The molecule has 0 aromatic rings. The summed E-state index contributed by atoms with van der Waals surface area (Å²) in [5.74, 6) is -0.153. The van der Waals surface area contributed by atoms with Gasteiger partial charge in [0.15, 0.2) is 0 Å². The van der Waals surface area contributed by atoms with Gasteiger partial charge in [-0.1, -0.05) is 33.1 Å². The fourth-order valence-corrected chi connectivity index (χ4v) is 1.92. The Labute approximate surface area is 113 Å². The van der Waals surface area contributed by atoms with E-state index in [4.69, 9.17) is 4.74 Å². The smallest absolute Gasteiger partial charge is 0.323 e. The van der Waals surface area contributed by atoms with Gasteiger partial charge in [-0.05, 0) is 40.5 Å². The van der Waals surface area contributed by atoms with Gasteiger partial charge in [0.2, 0.25) is 0 Å². The first kappa shape index (κ1) is 17.4. The number of rotatable bonds is 8. The molecule has 0 radical (unpaired) electrons. The second-order valence-electron chi connectivity index (χ2n) is 6.05. The third-order valence-corrected chi connectivity index (χ3v) is 2.79. The summed E-state index contributed by atoms with van der Waals surface area (Å²) in [6.07, 6.45) is 5.80. The summed E-state index contributed by atoms with van der Waals surface area (Å²) in [5, 5.41) is 3.40. The van der Waals surface area contributed by atoms with Crippen LogP contribution in [0.15, 0.2) is 0 Å². The van der Waals surface area contributed by atoms with Crippen LogP contribution in [0.4, 0.5) is 0 Å². The Hall–Kier alpha value is -0.570. The highest BCUT2D eigenvalue weighted by molar-refractivity contribution is 5.75. The molecule has 2 unspecified atom stereocenters. The number of carbonyl (C=O) groups excluding carboxylic acids is 1. The van der Waals surface area contributed by atoms with Crippen molar-refractivity contribution in [1.82, 2.24) is 5.32 Å². The summed E-state index contributed by atoms with van der Waals surface area (Å²) in [4.78, 5) is 11.9. The lowest BCUT2D eigenvalue weighted by molar-refractivity contribution is -0.157. The van der Waals surface area contributed by atoms with Crippen molar-refractivity contribution in [3.8, 4) is 0 Å². The van der Waals surface area contributed by atoms with E-state index in [1.165, 1.54) is 12.8 Å². The zero-order valence-electron chi connectivity index (χ0n) is 13.0. The number of ether oxygens (including phenoxy) is 1. The molecule has 0 aliphatic heterocycles. The minimum atomic E-state index is -0.406. The van der Waals surface area contributed by atoms with Crippen molar-refractivity contribution in [2.75, 3.05) is 0 Å². The van der Waals surface area contributed by atoms with Crippen LogP contribution in [0.5, 0.6) is 0 Å². The van der Waals surface area contributed by atoms with Crippen molar-refractivity contribution >= 4 is 5.97 Å². The summed E-state index contributed by atoms with van der Waals surface area (Å²) in [6, 6.07) is 0.204. The molecule has 0 rings (SSSR count). The lowest BCUT2D eigenvalue weighted by atomic mass is 10.0. The molecule has 0 saturated carbocycles. The molecule has 0 heterocycles. The van der Waals surface area contributed by atoms with Crippen LogP contribution in [-0.4, -0.2) is 23.7 Å². The van der Waals surface area contributed by atoms with Gasteiger partial charge in [0.05, 0.1) is 0 Å². The van der Waals surface area contributed by atoms with E-state index in [2.05, 4.69) is 19.2 Å². The predicted octanol–water partition coefficient (Wildman–Crippen LogP) is 3.67. The number of unbranched alkanes of at least 4 members (excludes halogenated alkanes) is 1. The summed E-state index contributed by atoms with van der Waals surface area (Å²) in [5.41, 5.74) is -0.406. The van der Waals surface area contributed by atoms with Gasteiger partial charge >= 0.3 is 5.97 Å². The molecule has 0 saturated heterocycles. The molecule has 0 spiro atoms. The van der Waals surface area contributed by atoms with Crippen molar-refractivity contribution in [3.05, 3.63) is 0 Å². The van der Waals surface area contributed by atoms with Crippen LogP contribution in [0.25, 0.3) is 0 Å². The maximum atomic E-state index is 11.9. The Balaban J connectivity index is 4.22. The molecule has 0 bridgehead atoms. The van der Waals surface area contributed by atoms with Crippen LogP contribution in [0.2, 0.25) is 0 Å². The number of hydrogen-bond donors (Lipinski definition) is 1. The van der Waals surface area contributed by atoms with E-state index in [-0.39, 0.29) is 12.0 Å². The highest BCUT2D eigenvalue weighted by Gasteiger charge is 2.23. The van der Waals surface area contributed by atoms with E-state index in [0.29, 0.717) is 6.04 Å². The molecule has 2 atom stereocenters. The molecule has 18 heavy (non-hydrogen) atoms. The lowest BCUT2D eigenvalue weighted by Gasteiger charge is -2.26. The third-order valence-electron chi connectivity index (χ3n) is 2.79. The standard InChI is InChI=1S/C15H31NO2/c1-7-9-11-13(10-8-2)16-12(3)14(17)18-15(4,5)6/h12-13,16H,7-11H2,1-6H3. The number of hydrogen-bond acceptors (Lipinski definition) is 3. The maximum absolute atomic E-state index is 11.9. The Morgan fingerprint density at radius 3 is 2.22 bits per heavy atom. The molecule has 0 amide bonds. The Kier molecular flexibility index (Phi) is 8.25. The Bertz CT molecular complexity index is 233. The summed E-state index contributed by atoms with van der Waals surface area (Å²) < 4.78 is 5.38. The van der Waals surface area contributed by atoms with Crippen molar-refractivity contribution in [2.24, 2.45) is 0 Å². The number of carbonyl (C=O) groups is 1. The molecule has 0 aliphatic carbocycles. The zero-order chi connectivity index (χ0) is 14.2. The third kappa shape index (κ3) is 8.51. The second kappa shape index (κ2) is 8.52. The molecular formula is C15H31NO2. The predicted molar refractivity (Wildman–Crippen MR) is 76.7 cm³/mol. The molecule has 0 aromatic heterocycles. The van der Waals surface area contributed by atoms with Crippen molar-refractivity contribution in [1.29, 1.82) is 0 Å². The van der Waals surface area contributed by atoms with Gasteiger partial charge in [-0.15, -0.1) is 0 Å². The van der Waals surface area contributed by atoms with Gasteiger partial charge in [-0.2, -0.15) is 0 Å². The normalized spacial score (nSPS) is 15.2. The van der Waals surface area contributed by atoms with Crippen LogP contribution in [0, 0.1) is 0 Å². The van der Waals surface area contributed by atoms with Gasteiger partial charge in [0.1, 0.15) is 11.6 Å². The average Bonchev–Trinajstić information content (AvgIpc) is 2.23. The molecule has 108 valence electrons. The number of esters is 1. The van der Waals surface area contributed by atoms with E-state index in [9.17, 15) is 4.79 Å². The average molecular weight is 257 g/mol.